The van der Waals surface area contributed by atoms with E-state index in [1.165, 1.54) is 10.4 Å². The Bertz CT molecular complexity index is 889. The lowest BCUT2D eigenvalue weighted by atomic mass is 9.86. The Morgan fingerprint density at radius 3 is 2.36 bits per heavy atom. The largest absolute Gasteiger partial charge is 0.292 e. The van der Waals surface area contributed by atoms with Gasteiger partial charge in [0, 0.05) is 11.1 Å². The van der Waals surface area contributed by atoms with Crippen molar-refractivity contribution in [3.8, 4) is 11.4 Å². The van der Waals surface area contributed by atoms with Crippen molar-refractivity contribution in [1.82, 2.24) is 20.2 Å². The molecule has 3 rings (SSSR count). The predicted molar refractivity (Wildman–Crippen MR) is 97.5 cm³/mol. The first-order valence-electron chi connectivity index (χ1n) is 8.32. The van der Waals surface area contributed by atoms with Gasteiger partial charge >= 0.3 is 0 Å². The van der Waals surface area contributed by atoms with Crippen LogP contribution in [0.4, 0.5) is 0 Å². The number of nitrogens with zero attached hydrogens (tertiary/aromatic N) is 4. The molecule has 0 aliphatic rings. The predicted octanol–water partition coefficient (Wildman–Crippen LogP) is 3.83. The standard InChI is InChI=1S/C20H22N4O/c1-14-7-5-6-8-17(14)19-21-23-24(22-19)13-18(25)15-9-11-16(12-10-15)20(2,3)4/h5-12H,13H2,1-4H3. The maximum absolute atomic E-state index is 12.5. The molecule has 5 heteroatoms. The zero-order valence-corrected chi connectivity index (χ0v) is 15.0. The zero-order valence-electron chi connectivity index (χ0n) is 15.0. The number of benzene rings is 2. The zero-order chi connectivity index (χ0) is 18.0. The van der Waals surface area contributed by atoms with E-state index in [2.05, 4.69) is 36.2 Å². The quantitative estimate of drug-likeness (QED) is 0.680. The van der Waals surface area contributed by atoms with Crippen molar-refractivity contribution in [2.75, 3.05) is 0 Å². The number of carbonyl (C=O) groups is 1. The summed E-state index contributed by atoms with van der Waals surface area (Å²) in [5, 5.41) is 12.4. The van der Waals surface area contributed by atoms with E-state index in [0.717, 1.165) is 11.1 Å². The Morgan fingerprint density at radius 2 is 1.72 bits per heavy atom. The second-order valence-electron chi connectivity index (χ2n) is 7.21. The van der Waals surface area contributed by atoms with Crippen LogP contribution in [0.2, 0.25) is 0 Å². The maximum atomic E-state index is 12.5. The van der Waals surface area contributed by atoms with Gasteiger partial charge in [0.2, 0.25) is 5.82 Å². The molecule has 128 valence electrons. The molecule has 25 heavy (non-hydrogen) atoms. The second kappa shape index (κ2) is 6.59. The number of hydrogen-bond acceptors (Lipinski definition) is 4. The van der Waals surface area contributed by atoms with Crippen molar-refractivity contribution in [2.24, 2.45) is 0 Å². The molecule has 1 heterocycles. The molecule has 2 aromatic carbocycles. The first-order chi connectivity index (χ1) is 11.8. The Morgan fingerprint density at radius 1 is 1.04 bits per heavy atom. The number of tetrazole rings is 1. The molecule has 0 fully saturated rings. The van der Waals surface area contributed by atoms with Crippen LogP contribution < -0.4 is 0 Å². The fourth-order valence-electron chi connectivity index (χ4n) is 2.62. The van der Waals surface area contributed by atoms with Crippen LogP contribution in [-0.4, -0.2) is 26.0 Å². The molecule has 0 aliphatic heterocycles. The molecule has 0 radical (unpaired) electrons. The molecule has 0 aliphatic carbocycles. The molecule has 0 spiro atoms. The highest BCUT2D eigenvalue weighted by atomic mass is 16.1. The van der Waals surface area contributed by atoms with Gasteiger partial charge in [0.15, 0.2) is 5.78 Å². The van der Waals surface area contributed by atoms with Gasteiger partial charge in [-0.05, 0) is 28.7 Å². The third-order valence-corrected chi connectivity index (χ3v) is 4.20. The molecule has 0 saturated carbocycles. The monoisotopic (exact) mass is 334 g/mol. The van der Waals surface area contributed by atoms with Crippen molar-refractivity contribution in [2.45, 2.75) is 39.7 Å². The van der Waals surface area contributed by atoms with Gasteiger partial charge in [-0.3, -0.25) is 4.79 Å². The topological polar surface area (TPSA) is 60.7 Å². The third-order valence-electron chi connectivity index (χ3n) is 4.20. The van der Waals surface area contributed by atoms with Gasteiger partial charge in [-0.25, -0.2) is 0 Å². The average Bonchev–Trinajstić information content (AvgIpc) is 3.03. The average molecular weight is 334 g/mol. The van der Waals surface area contributed by atoms with E-state index in [4.69, 9.17) is 0 Å². The summed E-state index contributed by atoms with van der Waals surface area (Å²) in [7, 11) is 0. The highest BCUT2D eigenvalue weighted by Gasteiger charge is 2.15. The van der Waals surface area contributed by atoms with Gasteiger partial charge in [-0.1, -0.05) is 69.3 Å². The van der Waals surface area contributed by atoms with Gasteiger partial charge in [-0.15, -0.1) is 10.2 Å². The van der Waals surface area contributed by atoms with E-state index >= 15 is 0 Å². The summed E-state index contributed by atoms with van der Waals surface area (Å²) in [5.41, 5.74) is 3.92. The molecule has 1 aromatic heterocycles. The number of ketones is 1. The summed E-state index contributed by atoms with van der Waals surface area (Å²) >= 11 is 0. The normalized spacial score (nSPS) is 11.5. The van der Waals surface area contributed by atoms with Crippen LogP contribution >= 0.6 is 0 Å². The van der Waals surface area contributed by atoms with Gasteiger partial charge < -0.3 is 0 Å². The Balaban J connectivity index is 1.75. The van der Waals surface area contributed by atoms with Crippen LogP contribution in [0.25, 0.3) is 11.4 Å². The number of rotatable bonds is 4. The van der Waals surface area contributed by atoms with Gasteiger partial charge in [0.05, 0.1) is 0 Å². The maximum Gasteiger partial charge on any atom is 0.205 e. The highest BCUT2D eigenvalue weighted by Crippen LogP contribution is 2.22. The van der Waals surface area contributed by atoms with Crippen molar-refractivity contribution >= 4 is 5.78 Å². The second-order valence-corrected chi connectivity index (χ2v) is 7.21. The Hall–Kier alpha value is -2.82. The number of Topliss-reactive ketones (excluding diaryl/α,β-unsaturated/α-hetero) is 1. The van der Waals surface area contributed by atoms with E-state index in [9.17, 15) is 4.79 Å². The lowest BCUT2D eigenvalue weighted by Gasteiger charge is -2.18. The lowest BCUT2D eigenvalue weighted by molar-refractivity contribution is 0.0961. The molecular weight excluding hydrogens is 312 g/mol. The molecule has 0 atom stereocenters. The molecule has 0 amide bonds. The minimum absolute atomic E-state index is 0.0332. The van der Waals surface area contributed by atoms with Crippen molar-refractivity contribution < 1.29 is 4.79 Å². The summed E-state index contributed by atoms with van der Waals surface area (Å²) < 4.78 is 0. The van der Waals surface area contributed by atoms with Gasteiger partial charge in [0.25, 0.3) is 0 Å². The van der Waals surface area contributed by atoms with E-state index in [1.54, 1.807) is 0 Å². The lowest BCUT2D eigenvalue weighted by Crippen LogP contribution is -2.14. The summed E-state index contributed by atoms with van der Waals surface area (Å²) in [6, 6.07) is 15.6. The smallest absolute Gasteiger partial charge is 0.205 e. The van der Waals surface area contributed by atoms with E-state index in [1.807, 2.05) is 55.5 Å². The van der Waals surface area contributed by atoms with Crippen LogP contribution in [0.1, 0.15) is 42.3 Å². The minimum atomic E-state index is -0.0332. The Labute approximate surface area is 147 Å². The van der Waals surface area contributed by atoms with Crippen molar-refractivity contribution in [3.63, 3.8) is 0 Å². The van der Waals surface area contributed by atoms with Crippen molar-refractivity contribution in [3.05, 3.63) is 65.2 Å². The molecule has 5 nitrogen and oxygen atoms in total. The van der Waals surface area contributed by atoms with Gasteiger partial charge in [-0.2, -0.15) is 4.80 Å². The number of aromatic nitrogens is 4. The molecular formula is C20H22N4O. The van der Waals surface area contributed by atoms with Gasteiger partial charge in [0.1, 0.15) is 6.54 Å². The number of hydrogen-bond donors (Lipinski definition) is 0. The SMILES string of the molecule is Cc1ccccc1-c1nnn(CC(=O)c2ccc(C(C)(C)C)cc2)n1. The van der Waals surface area contributed by atoms with Crippen LogP contribution in [0, 0.1) is 6.92 Å². The summed E-state index contributed by atoms with van der Waals surface area (Å²) in [6.07, 6.45) is 0. The fourth-order valence-corrected chi connectivity index (χ4v) is 2.62. The summed E-state index contributed by atoms with van der Waals surface area (Å²) in [6.45, 7) is 8.52. The molecule has 0 bridgehead atoms. The fraction of sp³-hybridized carbons (Fsp3) is 0.300. The minimum Gasteiger partial charge on any atom is -0.292 e. The van der Waals surface area contributed by atoms with Crippen LogP contribution in [0.15, 0.2) is 48.5 Å². The van der Waals surface area contributed by atoms with E-state index < -0.39 is 0 Å². The molecule has 0 saturated heterocycles. The van der Waals surface area contributed by atoms with Crippen LogP contribution in [0.3, 0.4) is 0 Å². The van der Waals surface area contributed by atoms with E-state index in [0.29, 0.717) is 11.4 Å². The molecule has 3 aromatic rings. The molecule has 0 N–H and O–H groups in total. The van der Waals surface area contributed by atoms with Crippen LogP contribution in [-0.2, 0) is 12.0 Å². The first kappa shape index (κ1) is 17.0. The third kappa shape index (κ3) is 3.82. The van der Waals surface area contributed by atoms with E-state index in [-0.39, 0.29) is 17.7 Å². The molecule has 0 unspecified atom stereocenters. The Kier molecular flexibility index (Phi) is 4.49. The highest BCUT2D eigenvalue weighted by molar-refractivity contribution is 5.95. The summed E-state index contributed by atoms with van der Waals surface area (Å²) in [4.78, 5) is 13.8. The number of aryl methyl sites for hydroxylation is 1. The first-order valence-corrected chi connectivity index (χ1v) is 8.32. The number of carbonyl (C=O) groups excluding carboxylic acids is 1. The van der Waals surface area contributed by atoms with Crippen LogP contribution in [0.5, 0.6) is 0 Å². The summed E-state index contributed by atoms with van der Waals surface area (Å²) in [5.74, 6) is 0.503. The van der Waals surface area contributed by atoms with Crippen molar-refractivity contribution in [1.29, 1.82) is 0 Å².